The molecule has 2 aliphatic heterocycles. The summed E-state index contributed by atoms with van der Waals surface area (Å²) in [6, 6.07) is 26.2. The van der Waals surface area contributed by atoms with Gasteiger partial charge in [-0.15, -0.1) is 0 Å². The molecule has 0 N–H and O–H groups in total. The molecule has 0 fully saturated rings. The maximum Gasteiger partial charge on any atom is 0.256 e. The van der Waals surface area contributed by atoms with Crippen molar-refractivity contribution in [2.45, 2.75) is 19.8 Å². The molecule has 2 aliphatic rings. The minimum Gasteiger partial charge on any atom is -0.497 e. The van der Waals surface area contributed by atoms with Crippen LogP contribution in [0.25, 0.3) is 0 Å². The third-order valence-electron chi connectivity index (χ3n) is 6.56. The fourth-order valence-electron chi connectivity index (χ4n) is 4.92. The molecule has 2 unspecified atom stereocenters. The smallest absolute Gasteiger partial charge is 0.256 e. The fourth-order valence-corrected chi connectivity index (χ4v) is 4.92. The van der Waals surface area contributed by atoms with Crippen LogP contribution in [0.3, 0.4) is 0 Å². The van der Waals surface area contributed by atoms with E-state index in [1.807, 2.05) is 98.8 Å². The summed E-state index contributed by atoms with van der Waals surface area (Å²) in [6.45, 7) is 3.69. The van der Waals surface area contributed by atoms with Gasteiger partial charge in [0.2, 0.25) is 0 Å². The van der Waals surface area contributed by atoms with E-state index < -0.39 is 17.8 Å². The fraction of sp³-hybridized carbons (Fsp3) is 0.214. The highest BCUT2D eigenvalue weighted by Gasteiger charge is 2.50. The summed E-state index contributed by atoms with van der Waals surface area (Å²) in [4.78, 5) is 27.6. The van der Waals surface area contributed by atoms with E-state index in [1.54, 1.807) is 7.11 Å². The van der Waals surface area contributed by atoms with Gasteiger partial charge in [-0.25, -0.2) is 10.0 Å². The Morgan fingerprint density at radius 3 is 1.66 bits per heavy atom. The van der Waals surface area contributed by atoms with Gasteiger partial charge in [-0.1, -0.05) is 48.5 Å². The lowest BCUT2D eigenvalue weighted by atomic mass is 9.73. The molecule has 35 heavy (non-hydrogen) atoms. The standard InChI is InChI=1S/C28H26N4O3/c1-18-24(27(33)31(29-18)21-12-6-4-7-13-21)26(20-11-10-16-23(17-20)35-3)25-19(2)30-32(28(25)34)22-14-8-5-9-15-22/h4-17,24-26H,1-3H3. The minimum absolute atomic E-state index is 0.166. The SMILES string of the molecule is COc1cccc(C(C2C(=O)N(c3ccccc3)N=C2C)C2C(=O)N(c3ccccc3)N=C2C)c1. The molecule has 0 radical (unpaired) electrons. The van der Waals surface area contributed by atoms with Crippen LogP contribution in [-0.4, -0.2) is 30.3 Å². The summed E-state index contributed by atoms with van der Waals surface area (Å²) < 4.78 is 5.47. The molecule has 0 saturated carbocycles. The Balaban J connectivity index is 1.59. The molecule has 7 nitrogen and oxygen atoms in total. The molecule has 2 heterocycles. The topological polar surface area (TPSA) is 74.6 Å². The van der Waals surface area contributed by atoms with Crippen LogP contribution in [0.1, 0.15) is 25.3 Å². The van der Waals surface area contributed by atoms with Crippen molar-refractivity contribution in [3.05, 3.63) is 90.5 Å². The number of anilines is 2. The molecule has 0 spiro atoms. The number of amides is 2. The summed E-state index contributed by atoms with van der Waals surface area (Å²) in [5, 5.41) is 12.1. The Hall–Kier alpha value is -4.26. The molecule has 7 heteroatoms. The molecule has 0 bridgehead atoms. The van der Waals surface area contributed by atoms with Crippen molar-refractivity contribution >= 4 is 34.6 Å². The van der Waals surface area contributed by atoms with Gasteiger partial charge in [0.25, 0.3) is 11.8 Å². The molecule has 176 valence electrons. The second kappa shape index (κ2) is 9.18. The molecule has 3 aromatic carbocycles. The van der Waals surface area contributed by atoms with Crippen LogP contribution in [-0.2, 0) is 9.59 Å². The molecule has 2 atom stereocenters. The van der Waals surface area contributed by atoms with Crippen LogP contribution in [0.2, 0.25) is 0 Å². The van der Waals surface area contributed by atoms with Gasteiger partial charge in [0.15, 0.2) is 0 Å². The van der Waals surface area contributed by atoms with E-state index in [0.29, 0.717) is 28.5 Å². The van der Waals surface area contributed by atoms with Crippen molar-refractivity contribution in [3.63, 3.8) is 0 Å². The molecule has 3 aromatic rings. The Morgan fingerprint density at radius 1 is 0.714 bits per heavy atom. The molecule has 0 aliphatic carbocycles. The van der Waals surface area contributed by atoms with Gasteiger partial charge < -0.3 is 4.74 Å². The Morgan fingerprint density at radius 2 is 1.20 bits per heavy atom. The number of rotatable bonds is 6. The van der Waals surface area contributed by atoms with E-state index in [1.165, 1.54) is 10.0 Å². The van der Waals surface area contributed by atoms with Crippen LogP contribution in [0.15, 0.2) is 95.1 Å². The number of hydrazone groups is 2. The second-order valence-electron chi connectivity index (χ2n) is 8.71. The summed E-state index contributed by atoms with van der Waals surface area (Å²) in [5.74, 6) is -1.43. The molecule has 2 amide bonds. The predicted molar refractivity (Wildman–Crippen MR) is 137 cm³/mol. The van der Waals surface area contributed by atoms with Crippen molar-refractivity contribution < 1.29 is 14.3 Å². The number of methoxy groups -OCH3 is 1. The van der Waals surface area contributed by atoms with Crippen molar-refractivity contribution in [3.8, 4) is 5.75 Å². The number of nitrogens with zero attached hydrogens (tertiary/aromatic N) is 4. The van der Waals surface area contributed by atoms with E-state index >= 15 is 0 Å². The number of ether oxygens (including phenoxy) is 1. The zero-order valence-electron chi connectivity index (χ0n) is 19.8. The largest absolute Gasteiger partial charge is 0.497 e. The predicted octanol–water partition coefficient (Wildman–Crippen LogP) is 4.86. The number of carbonyl (C=O) groups excluding carboxylic acids is 2. The average Bonchev–Trinajstić information content (AvgIpc) is 3.36. The van der Waals surface area contributed by atoms with E-state index in [-0.39, 0.29) is 11.8 Å². The van der Waals surface area contributed by atoms with E-state index in [0.717, 1.165) is 5.56 Å². The van der Waals surface area contributed by atoms with Crippen LogP contribution >= 0.6 is 0 Å². The van der Waals surface area contributed by atoms with Crippen LogP contribution < -0.4 is 14.8 Å². The van der Waals surface area contributed by atoms with Gasteiger partial charge in [-0.3, -0.25) is 9.59 Å². The van der Waals surface area contributed by atoms with E-state index in [9.17, 15) is 9.59 Å². The lowest BCUT2D eigenvalue weighted by Gasteiger charge is -2.29. The number of para-hydroxylation sites is 2. The van der Waals surface area contributed by atoms with Gasteiger partial charge in [-0.05, 0) is 55.8 Å². The first-order chi connectivity index (χ1) is 17.0. The number of benzene rings is 3. The monoisotopic (exact) mass is 466 g/mol. The lowest BCUT2D eigenvalue weighted by molar-refractivity contribution is -0.122. The summed E-state index contributed by atoms with van der Waals surface area (Å²) in [6.07, 6.45) is 0. The molecule has 5 rings (SSSR count). The first kappa shape index (κ1) is 22.5. The van der Waals surface area contributed by atoms with E-state index in [2.05, 4.69) is 10.2 Å². The van der Waals surface area contributed by atoms with Gasteiger partial charge in [0.1, 0.15) is 5.75 Å². The minimum atomic E-state index is -0.628. The van der Waals surface area contributed by atoms with Crippen molar-refractivity contribution in [1.82, 2.24) is 0 Å². The quantitative estimate of drug-likeness (QED) is 0.521. The summed E-state index contributed by atoms with van der Waals surface area (Å²) >= 11 is 0. The van der Waals surface area contributed by atoms with Crippen LogP contribution in [0.5, 0.6) is 5.75 Å². The maximum absolute atomic E-state index is 13.8. The van der Waals surface area contributed by atoms with Crippen molar-refractivity contribution in [1.29, 1.82) is 0 Å². The molecular formula is C28H26N4O3. The van der Waals surface area contributed by atoms with Crippen LogP contribution in [0.4, 0.5) is 11.4 Å². The number of hydrogen-bond acceptors (Lipinski definition) is 5. The lowest BCUT2D eigenvalue weighted by Crippen LogP contribution is -2.40. The normalized spacial score (nSPS) is 20.7. The second-order valence-corrected chi connectivity index (χ2v) is 8.71. The highest BCUT2D eigenvalue weighted by atomic mass is 16.5. The number of hydrogen-bond donors (Lipinski definition) is 0. The van der Waals surface area contributed by atoms with Gasteiger partial charge in [-0.2, -0.15) is 10.2 Å². The molecular weight excluding hydrogens is 440 g/mol. The van der Waals surface area contributed by atoms with E-state index in [4.69, 9.17) is 4.74 Å². The Kier molecular flexibility index (Phi) is 5.91. The maximum atomic E-state index is 13.8. The van der Waals surface area contributed by atoms with Gasteiger partial charge in [0.05, 0.1) is 30.3 Å². The highest BCUT2D eigenvalue weighted by Crippen LogP contribution is 2.43. The third-order valence-corrected chi connectivity index (χ3v) is 6.56. The Bertz CT molecular complexity index is 1240. The third kappa shape index (κ3) is 3.99. The summed E-state index contributed by atoms with van der Waals surface area (Å²) in [5.41, 5.74) is 3.53. The van der Waals surface area contributed by atoms with Gasteiger partial charge in [0, 0.05) is 17.3 Å². The zero-order chi connectivity index (χ0) is 24.5. The molecule has 0 aromatic heterocycles. The van der Waals surface area contributed by atoms with Crippen molar-refractivity contribution in [2.75, 3.05) is 17.1 Å². The Labute approximate surface area is 204 Å². The van der Waals surface area contributed by atoms with Crippen molar-refractivity contribution in [2.24, 2.45) is 22.0 Å². The average molecular weight is 467 g/mol. The highest BCUT2D eigenvalue weighted by molar-refractivity contribution is 6.19. The van der Waals surface area contributed by atoms with Crippen LogP contribution in [0, 0.1) is 11.8 Å². The zero-order valence-corrected chi connectivity index (χ0v) is 19.8. The first-order valence-corrected chi connectivity index (χ1v) is 11.5. The first-order valence-electron chi connectivity index (χ1n) is 11.5. The van der Waals surface area contributed by atoms with Gasteiger partial charge >= 0.3 is 0 Å². The summed E-state index contributed by atoms with van der Waals surface area (Å²) in [7, 11) is 1.60. The molecule has 0 saturated heterocycles. The number of carbonyl (C=O) groups is 2.